The predicted octanol–water partition coefficient (Wildman–Crippen LogP) is 2.65. The molecule has 0 amide bonds. The van der Waals surface area contributed by atoms with E-state index in [-0.39, 0.29) is 5.41 Å². The van der Waals surface area contributed by atoms with Crippen LogP contribution in [-0.2, 0) is 0 Å². The van der Waals surface area contributed by atoms with Crippen molar-refractivity contribution in [2.75, 3.05) is 0 Å². The van der Waals surface area contributed by atoms with Gasteiger partial charge in [-0.3, -0.25) is 0 Å². The summed E-state index contributed by atoms with van der Waals surface area (Å²) in [7, 11) is 0. The Bertz CT molecular complexity index is 137. The van der Waals surface area contributed by atoms with Gasteiger partial charge >= 0.3 is 0 Å². The topological polar surface area (TPSA) is 12.4 Å². The largest absolute Gasteiger partial charge is 0.224 e. The molecule has 0 saturated heterocycles. The summed E-state index contributed by atoms with van der Waals surface area (Å²) in [6, 6.07) is 0. The number of allylic oxidation sites excluding steroid dienone is 1. The van der Waals surface area contributed by atoms with Crippen LogP contribution < -0.4 is 0 Å². The van der Waals surface area contributed by atoms with Gasteiger partial charge in [-0.15, -0.1) is 0 Å². The summed E-state index contributed by atoms with van der Waals surface area (Å²) in [5.74, 6) is 0. The molecule has 0 N–H and O–H groups in total. The monoisotopic (exact) mass is 141 g/mol. The van der Waals surface area contributed by atoms with Gasteiger partial charge in [-0.1, -0.05) is 19.9 Å². The Kier molecular flexibility index (Phi) is 1.96. The fourth-order valence-corrected chi connectivity index (χ4v) is 1.37. The first-order chi connectivity index (χ1) is 4.27. The molecule has 1 nitrogen and oxygen atoms in total. The van der Waals surface area contributed by atoms with Gasteiger partial charge < -0.3 is 0 Å². The van der Waals surface area contributed by atoms with Gasteiger partial charge in [0.1, 0.15) is 0 Å². The van der Waals surface area contributed by atoms with E-state index in [1.54, 1.807) is 0 Å². The molecule has 1 atom stereocenters. The van der Waals surface area contributed by atoms with E-state index in [0.29, 0.717) is 0 Å². The van der Waals surface area contributed by atoms with E-state index < -0.39 is 0 Å². The lowest BCUT2D eigenvalue weighted by molar-refractivity contribution is 0.587. The molecule has 1 heterocycles. The molecular weight excluding hydrogens is 130 g/mol. The molecule has 1 unspecified atom stereocenters. The van der Waals surface area contributed by atoms with E-state index in [2.05, 4.69) is 24.3 Å². The van der Waals surface area contributed by atoms with E-state index >= 15 is 0 Å². The van der Waals surface area contributed by atoms with Crippen molar-refractivity contribution in [1.82, 2.24) is 0 Å². The van der Waals surface area contributed by atoms with Crippen molar-refractivity contribution in [3.8, 4) is 0 Å². The SMILES string of the molecule is CCC1(C)C=CSN=C1. The molecule has 0 aliphatic carbocycles. The maximum atomic E-state index is 4.11. The highest BCUT2D eigenvalue weighted by Gasteiger charge is 2.16. The van der Waals surface area contributed by atoms with Crippen molar-refractivity contribution in [3.05, 3.63) is 11.5 Å². The minimum absolute atomic E-state index is 0.227. The van der Waals surface area contributed by atoms with Crippen LogP contribution in [0.15, 0.2) is 15.9 Å². The third-order valence-electron chi connectivity index (χ3n) is 1.68. The normalized spacial score (nSPS) is 33.1. The second kappa shape index (κ2) is 2.56. The summed E-state index contributed by atoms with van der Waals surface area (Å²) in [5, 5.41) is 2.05. The molecule has 0 aromatic rings. The number of rotatable bonds is 1. The minimum atomic E-state index is 0.227. The second-order valence-corrected chi connectivity index (χ2v) is 3.20. The molecule has 0 aromatic carbocycles. The third-order valence-corrected chi connectivity index (χ3v) is 2.16. The van der Waals surface area contributed by atoms with Crippen molar-refractivity contribution in [2.24, 2.45) is 9.81 Å². The molecule has 0 spiro atoms. The van der Waals surface area contributed by atoms with Crippen LogP contribution in [0.2, 0.25) is 0 Å². The maximum absolute atomic E-state index is 4.11. The molecule has 50 valence electrons. The lowest BCUT2D eigenvalue weighted by Gasteiger charge is -2.19. The molecule has 0 fully saturated rings. The van der Waals surface area contributed by atoms with Crippen molar-refractivity contribution in [2.45, 2.75) is 20.3 Å². The zero-order chi connectivity index (χ0) is 6.74. The highest BCUT2D eigenvalue weighted by atomic mass is 32.2. The van der Waals surface area contributed by atoms with Gasteiger partial charge in [-0.05, 0) is 11.8 Å². The summed E-state index contributed by atoms with van der Waals surface area (Å²) in [4.78, 5) is 0. The van der Waals surface area contributed by atoms with Gasteiger partial charge in [-0.2, -0.15) is 0 Å². The van der Waals surface area contributed by atoms with Gasteiger partial charge in [0.25, 0.3) is 0 Å². The molecule has 9 heavy (non-hydrogen) atoms. The second-order valence-electron chi connectivity index (χ2n) is 2.50. The highest BCUT2D eigenvalue weighted by Crippen LogP contribution is 2.26. The molecule has 1 aliphatic heterocycles. The first-order valence-corrected chi connectivity index (χ1v) is 3.98. The van der Waals surface area contributed by atoms with Gasteiger partial charge in [-0.25, -0.2) is 4.40 Å². The van der Waals surface area contributed by atoms with Crippen molar-refractivity contribution in [3.63, 3.8) is 0 Å². The molecule has 1 rings (SSSR count). The minimum Gasteiger partial charge on any atom is -0.224 e. The maximum Gasteiger partial charge on any atom is 0.0227 e. The Labute approximate surface area is 60.4 Å². The Morgan fingerprint density at radius 3 is 2.78 bits per heavy atom. The van der Waals surface area contributed by atoms with Crippen LogP contribution >= 0.6 is 11.9 Å². The quantitative estimate of drug-likeness (QED) is 0.511. The van der Waals surface area contributed by atoms with E-state index in [0.717, 1.165) is 6.42 Å². The fourth-order valence-electron chi connectivity index (χ4n) is 0.624. The van der Waals surface area contributed by atoms with Crippen LogP contribution in [0.4, 0.5) is 0 Å². The zero-order valence-corrected chi connectivity index (χ0v) is 6.61. The van der Waals surface area contributed by atoms with Crippen LogP contribution in [0, 0.1) is 5.41 Å². The van der Waals surface area contributed by atoms with Crippen LogP contribution in [0.1, 0.15) is 20.3 Å². The Morgan fingerprint density at radius 2 is 2.44 bits per heavy atom. The van der Waals surface area contributed by atoms with Gasteiger partial charge in [0.05, 0.1) is 0 Å². The zero-order valence-electron chi connectivity index (χ0n) is 5.79. The average Bonchev–Trinajstić information content (AvgIpc) is 1.90. The number of hydrogen-bond acceptors (Lipinski definition) is 2. The number of nitrogens with zero attached hydrogens (tertiary/aromatic N) is 1. The third kappa shape index (κ3) is 1.58. The average molecular weight is 141 g/mol. The first kappa shape index (κ1) is 6.87. The molecule has 1 aliphatic rings. The van der Waals surface area contributed by atoms with Crippen LogP contribution in [0.25, 0.3) is 0 Å². The van der Waals surface area contributed by atoms with E-state index in [1.807, 2.05) is 11.6 Å². The lowest BCUT2D eigenvalue weighted by atomic mass is 9.90. The van der Waals surface area contributed by atoms with Gasteiger partial charge in [0.15, 0.2) is 0 Å². The standard InChI is InChI=1S/C7H11NS/c1-3-7(2)4-5-9-8-6-7/h4-6H,3H2,1-2H3. The van der Waals surface area contributed by atoms with E-state index in [4.69, 9.17) is 0 Å². The molecule has 0 aromatic heterocycles. The Hall–Kier alpha value is -0.240. The molecule has 2 heteroatoms. The van der Waals surface area contributed by atoms with Crippen molar-refractivity contribution < 1.29 is 0 Å². The summed E-state index contributed by atoms with van der Waals surface area (Å²) in [6.07, 6.45) is 5.34. The van der Waals surface area contributed by atoms with E-state index in [9.17, 15) is 0 Å². The van der Waals surface area contributed by atoms with Crippen molar-refractivity contribution >= 4 is 18.2 Å². The first-order valence-electron chi connectivity index (χ1n) is 3.15. The van der Waals surface area contributed by atoms with Crippen LogP contribution in [-0.4, -0.2) is 6.21 Å². The fraction of sp³-hybridized carbons (Fsp3) is 0.571. The Balaban J connectivity index is 2.67. The predicted molar refractivity (Wildman–Crippen MR) is 43.6 cm³/mol. The lowest BCUT2D eigenvalue weighted by Crippen LogP contribution is -2.13. The molecule has 0 saturated carbocycles. The summed E-state index contributed by atoms with van der Waals surface area (Å²) >= 11 is 1.50. The Morgan fingerprint density at radius 1 is 1.67 bits per heavy atom. The summed E-state index contributed by atoms with van der Waals surface area (Å²) in [5.41, 5.74) is 0.227. The van der Waals surface area contributed by atoms with Crippen molar-refractivity contribution in [1.29, 1.82) is 0 Å². The van der Waals surface area contributed by atoms with Gasteiger partial charge in [0, 0.05) is 23.6 Å². The van der Waals surface area contributed by atoms with E-state index in [1.165, 1.54) is 11.9 Å². The summed E-state index contributed by atoms with van der Waals surface area (Å²) in [6.45, 7) is 4.36. The summed E-state index contributed by atoms with van der Waals surface area (Å²) < 4.78 is 4.11. The van der Waals surface area contributed by atoms with Crippen LogP contribution in [0.3, 0.4) is 0 Å². The molecular formula is C7H11NS. The molecule has 0 bridgehead atoms. The smallest absolute Gasteiger partial charge is 0.0227 e. The van der Waals surface area contributed by atoms with Gasteiger partial charge in [0.2, 0.25) is 0 Å². The molecule has 0 radical (unpaired) electrons. The number of hydrogen-bond donors (Lipinski definition) is 0. The van der Waals surface area contributed by atoms with Crippen LogP contribution in [0.5, 0.6) is 0 Å². The highest BCUT2D eigenvalue weighted by molar-refractivity contribution is 8.01.